The number of thioether (sulfide) groups is 1. The van der Waals surface area contributed by atoms with Crippen molar-refractivity contribution in [3.63, 3.8) is 0 Å². The molecule has 3 N–H and O–H groups in total. The lowest BCUT2D eigenvalue weighted by atomic mass is 9.95. The molecule has 0 saturated heterocycles. The van der Waals surface area contributed by atoms with Crippen LogP contribution in [0.15, 0.2) is 17.6 Å². The van der Waals surface area contributed by atoms with E-state index in [1.54, 1.807) is 18.0 Å². The third-order valence-corrected chi connectivity index (χ3v) is 4.28. The number of carbonyl (C=O) groups is 1. The molecule has 0 aliphatic heterocycles. The van der Waals surface area contributed by atoms with E-state index in [0.717, 1.165) is 36.7 Å². The van der Waals surface area contributed by atoms with Gasteiger partial charge in [0.1, 0.15) is 0 Å². The molecule has 1 aromatic heterocycles. The largest absolute Gasteiger partial charge is 0.368 e. The summed E-state index contributed by atoms with van der Waals surface area (Å²) in [5, 5.41) is 4.25. The molecular formula is C13H24N4OS. The van der Waals surface area contributed by atoms with Gasteiger partial charge in [0.25, 0.3) is 0 Å². The second-order valence-corrected chi connectivity index (χ2v) is 5.96. The highest BCUT2D eigenvalue weighted by Gasteiger charge is 2.29. The number of nitrogens with two attached hydrogens (primary N) is 1. The quantitative estimate of drug-likeness (QED) is 0.533. The minimum atomic E-state index is -0.599. The molecule has 0 radical (unpaired) electrons. The molecule has 1 atom stereocenters. The molecule has 0 spiro atoms. The number of nitrogens with one attached hydrogen (secondary N) is 1. The molecule has 1 heterocycles. The molecule has 0 aromatic carbocycles. The normalized spacial score (nSPS) is 14.3. The summed E-state index contributed by atoms with van der Waals surface area (Å²) in [5.74, 6) is 0.657. The molecule has 0 fully saturated rings. The van der Waals surface area contributed by atoms with Crippen LogP contribution in [0.5, 0.6) is 0 Å². The molecule has 0 saturated carbocycles. The summed E-state index contributed by atoms with van der Waals surface area (Å²) in [6, 6.07) is 0. The van der Waals surface area contributed by atoms with Crippen molar-refractivity contribution in [3.05, 3.63) is 12.4 Å². The smallest absolute Gasteiger partial charge is 0.237 e. The van der Waals surface area contributed by atoms with Gasteiger partial charge in [-0.05, 0) is 32.7 Å². The van der Waals surface area contributed by atoms with E-state index in [0.29, 0.717) is 0 Å². The number of nitrogens with zero attached hydrogens (tertiary/aromatic N) is 2. The van der Waals surface area contributed by atoms with Crippen LogP contribution < -0.4 is 11.1 Å². The first kappa shape index (κ1) is 16.0. The Hall–Kier alpha value is -1.01. The van der Waals surface area contributed by atoms with Crippen molar-refractivity contribution >= 4 is 17.7 Å². The van der Waals surface area contributed by atoms with E-state index in [-0.39, 0.29) is 5.91 Å². The van der Waals surface area contributed by atoms with Crippen LogP contribution in [0.1, 0.15) is 33.1 Å². The van der Waals surface area contributed by atoms with Crippen LogP contribution >= 0.6 is 11.8 Å². The summed E-state index contributed by atoms with van der Waals surface area (Å²) < 4.78 is 1.99. The first-order valence-electron chi connectivity index (χ1n) is 6.64. The van der Waals surface area contributed by atoms with Gasteiger partial charge in [-0.2, -0.15) is 0 Å². The summed E-state index contributed by atoms with van der Waals surface area (Å²) in [6.07, 6.45) is 6.38. The van der Waals surface area contributed by atoms with Gasteiger partial charge in [0.2, 0.25) is 5.91 Å². The van der Waals surface area contributed by atoms with E-state index in [1.807, 2.05) is 24.7 Å². The molecular weight excluding hydrogens is 260 g/mol. The standard InChI is InChI=1S/C13H24N4OS/c1-4-7-16-13(2,11(14)18)6-5-10-19-12-15-8-9-17(12)3/h8-9,16H,4-7,10H2,1-3H3,(H2,14,18). The third kappa shape index (κ3) is 4.87. The topological polar surface area (TPSA) is 72.9 Å². The highest BCUT2D eigenvalue weighted by atomic mass is 32.2. The van der Waals surface area contributed by atoms with Gasteiger partial charge in [0, 0.05) is 25.2 Å². The molecule has 6 heteroatoms. The molecule has 1 aromatic rings. The van der Waals surface area contributed by atoms with Gasteiger partial charge >= 0.3 is 0 Å². The summed E-state index contributed by atoms with van der Waals surface area (Å²) in [4.78, 5) is 15.8. The Balaban J connectivity index is 2.36. The summed E-state index contributed by atoms with van der Waals surface area (Å²) in [6.45, 7) is 4.77. The van der Waals surface area contributed by atoms with E-state index in [9.17, 15) is 4.79 Å². The maximum atomic E-state index is 11.5. The van der Waals surface area contributed by atoms with Gasteiger partial charge in [0.15, 0.2) is 5.16 Å². The molecule has 1 amide bonds. The first-order chi connectivity index (χ1) is 8.99. The van der Waals surface area contributed by atoms with Crippen molar-refractivity contribution < 1.29 is 4.79 Å². The maximum absolute atomic E-state index is 11.5. The Kier molecular flexibility index (Phi) is 6.37. The van der Waals surface area contributed by atoms with Crippen molar-refractivity contribution in [1.29, 1.82) is 0 Å². The Morgan fingerprint density at radius 3 is 2.89 bits per heavy atom. The van der Waals surface area contributed by atoms with Crippen LogP contribution in [0, 0.1) is 0 Å². The van der Waals surface area contributed by atoms with Gasteiger partial charge in [-0.3, -0.25) is 4.79 Å². The van der Waals surface area contributed by atoms with Gasteiger partial charge in [-0.15, -0.1) is 0 Å². The number of hydrogen-bond acceptors (Lipinski definition) is 4. The first-order valence-corrected chi connectivity index (χ1v) is 7.63. The van der Waals surface area contributed by atoms with E-state index in [2.05, 4.69) is 17.2 Å². The second kappa shape index (κ2) is 7.55. The average Bonchev–Trinajstić information content (AvgIpc) is 2.78. The van der Waals surface area contributed by atoms with Crippen LogP contribution in [0.4, 0.5) is 0 Å². The van der Waals surface area contributed by atoms with Crippen LogP contribution in [-0.2, 0) is 11.8 Å². The fourth-order valence-electron chi connectivity index (χ4n) is 1.78. The second-order valence-electron chi connectivity index (χ2n) is 4.90. The number of imidazole rings is 1. The number of carbonyl (C=O) groups excluding carboxylic acids is 1. The number of hydrogen-bond donors (Lipinski definition) is 2. The molecule has 0 aliphatic rings. The number of rotatable bonds is 9. The van der Waals surface area contributed by atoms with Gasteiger partial charge < -0.3 is 15.6 Å². The molecule has 19 heavy (non-hydrogen) atoms. The van der Waals surface area contributed by atoms with E-state index in [1.165, 1.54) is 0 Å². The fourth-order valence-corrected chi connectivity index (χ4v) is 2.65. The van der Waals surface area contributed by atoms with E-state index in [4.69, 9.17) is 5.73 Å². The fraction of sp³-hybridized carbons (Fsp3) is 0.692. The summed E-state index contributed by atoms with van der Waals surface area (Å²) in [7, 11) is 1.98. The third-order valence-electron chi connectivity index (χ3n) is 3.14. The van der Waals surface area contributed by atoms with Crippen molar-refractivity contribution in [2.24, 2.45) is 12.8 Å². The Morgan fingerprint density at radius 2 is 2.37 bits per heavy atom. The molecule has 0 bridgehead atoms. The van der Waals surface area contributed by atoms with Crippen LogP contribution in [0.2, 0.25) is 0 Å². The average molecular weight is 284 g/mol. The van der Waals surface area contributed by atoms with E-state index >= 15 is 0 Å². The lowest BCUT2D eigenvalue weighted by molar-refractivity contribution is -0.124. The van der Waals surface area contributed by atoms with E-state index < -0.39 is 5.54 Å². The van der Waals surface area contributed by atoms with Crippen molar-refractivity contribution in [1.82, 2.24) is 14.9 Å². The molecule has 1 unspecified atom stereocenters. The van der Waals surface area contributed by atoms with Crippen LogP contribution in [0.3, 0.4) is 0 Å². The summed E-state index contributed by atoms with van der Waals surface area (Å²) in [5.41, 5.74) is 4.89. The summed E-state index contributed by atoms with van der Waals surface area (Å²) >= 11 is 1.70. The molecule has 5 nitrogen and oxygen atoms in total. The van der Waals surface area contributed by atoms with Gasteiger partial charge in [0.05, 0.1) is 5.54 Å². The zero-order chi connectivity index (χ0) is 14.3. The Labute approximate surface area is 119 Å². The molecule has 108 valence electrons. The maximum Gasteiger partial charge on any atom is 0.237 e. The number of primary amides is 1. The Morgan fingerprint density at radius 1 is 1.63 bits per heavy atom. The zero-order valence-electron chi connectivity index (χ0n) is 12.0. The number of aryl methyl sites for hydroxylation is 1. The van der Waals surface area contributed by atoms with Gasteiger partial charge in [-0.25, -0.2) is 4.98 Å². The predicted octanol–water partition coefficient (Wildman–Crippen LogP) is 1.54. The molecule has 0 aliphatic carbocycles. The van der Waals surface area contributed by atoms with Crippen molar-refractivity contribution in [2.45, 2.75) is 43.8 Å². The zero-order valence-corrected chi connectivity index (χ0v) is 12.8. The Bertz CT molecular complexity index is 407. The number of amides is 1. The van der Waals surface area contributed by atoms with Crippen molar-refractivity contribution in [3.8, 4) is 0 Å². The van der Waals surface area contributed by atoms with Crippen LogP contribution in [0.25, 0.3) is 0 Å². The molecule has 1 rings (SSSR count). The monoisotopic (exact) mass is 284 g/mol. The SMILES string of the molecule is CCCNC(C)(CCCSc1nccn1C)C(N)=O. The lowest BCUT2D eigenvalue weighted by Crippen LogP contribution is -2.53. The lowest BCUT2D eigenvalue weighted by Gasteiger charge is -2.27. The minimum absolute atomic E-state index is 0.275. The van der Waals surface area contributed by atoms with Crippen LogP contribution in [-0.4, -0.2) is 33.3 Å². The van der Waals surface area contributed by atoms with Gasteiger partial charge in [-0.1, -0.05) is 18.7 Å². The predicted molar refractivity (Wildman–Crippen MR) is 79.1 cm³/mol. The van der Waals surface area contributed by atoms with Crippen molar-refractivity contribution in [2.75, 3.05) is 12.3 Å². The minimum Gasteiger partial charge on any atom is -0.368 e. The number of aromatic nitrogens is 2. The highest BCUT2D eigenvalue weighted by Crippen LogP contribution is 2.19. The highest BCUT2D eigenvalue weighted by molar-refractivity contribution is 7.99.